The van der Waals surface area contributed by atoms with Gasteiger partial charge in [-0.2, -0.15) is 0 Å². The van der Waals surface area contributed by atoms with E-state index in [4.69, 9.17) is 5.11 Å². The third-order valence-corrected chi connectivity index (χ3v) is 4.26. The summed E-state index contributed by atoms with van der Waals surface area (Å²) in [4.78, 5) is 26.7. The highest BCUT2D eigenvalue weighted by atomic mass is 16.4. The first kappa shape index (κ1) is 15.1. The average molecular weight is 284 g/mol. The summed E-state index contributed by atoms with van der Waals surface area (Å²) in [5.74, 6) is -0.978. The molecule has 114 valence electrons. The van der Waals surface area contributed by atoms with Crippen LogP contribution in [-0.2, 0) is 4.79 Å². The van der Waals surface area contributed by atoms with Gasteiger partial charge in [0.05, 0.1) is 12.1 Å². The molecule has 1 aliphatic heterocycles. The minimum atomic E-state index is -0.978. The minimum Gasteiger partial charge on any atom is -0.480 e. The fourth-order valence-electron chi connectivity index (χ4n) is 3.28. The van der Waals surface area contributed by atoms with Gasteiger partial charge in [0, 0.05) is 12.6 Å². The Hall–Kier alpha value is -1.30. The maximum atomic E-state index is 12.6. The van der Waals surface area contributed by atoms with E-state index in [1.165, 1.54) is 4.90 Å². The van der Waals surface area contributed by atoms with Gasteiger partial charge in [-0.25, -0.2) is 4.79 Å². The van der Waals surface area contributed by atoms with Gasteiger partial charge < -0.3 is 20.0 Å². The molecule has 0 radical (unpaired) electrons. The van der Waals surface area contributed by atoms with Gasteiger partial charge in [-0.15, -0.1) is 0 Å². The van der Waals surface area contributed by atoms with E-state index < -0.39 is 11.6 Å². The monoisotopic (exact) mass is 284 g/mol. The van der Waals surface area contributed by atoms with Gasteiger partial charge in [0.1, 0.15) is 6.54 Å². The van der Waals surface area contributed by atoms with Crippen molar-refractivity contribution in [3.63, 3.8) is 0 Å². The van der Waals surface area contributed by atoms with Crippen LogP contribution in [0.3, 0.4) is 0 Å². The third kappa shape index (κ3) is 3.62. The van der Waals surface area contributed by atoms with Crippen molar-refractivity contribution < 1.29 is 19.8 Å². The number of hydrogen-bond acceptors (Lipinski definition) is 3. The van der Waals surface area contributed by atoms with E-state index in [0.29, 0.717) is 13.0 Å². The standard InChI is InChI=1S/C14H24N2O4/c1-14(20)7-4-8-15(10-14)13(19)16(9-12(17)18)11-5-2-3-6-11/h11,20H,2-10H2,1H3,(H,17,18). The molecule has 6 nitrogen and oxygen atoms in total. The first-order chi connectivity index (χ1) is 9.39. The lowest BCUT2D eigenvalue weighted by molar-refractivity contribution is -0.138. The summed E-state index contributed by atoms with van der Waals surface area (Å²) in [7, 11) is 0. The first-order valence-electron chi connectivity index (χ1n) is 7.39. The molecule has 0 aromatic rings. The van der Waals surface area contributed by atoms with Crippen molar-refractivity contribution in [1.82, 2.24) is 9.80 Å². The molecule has 0 bridgehead atoms. The summed E-state index contributed by atoms with van der Waals surface area (Å²) in [5.41, 5.74) is -0.863. The zero-order valence-corrected chi connectivity index (χ0v) is 12.0. The van der Waals surface area contributed by atoms with Crippen LogP contribution in [0, 0.1) is 0 Å². The molecule has 0 aromatic carbocycles. The molecule has 1 saturated carbocycles. The number of aliphatic hydroxyl groups is 1. The quantitative estimate of drug-likeness (QED) is 0.818. The van der Waals surface area contributed by atoms with E-state index in [9.17, 15) is 14.7 Å². The predicted molar refractivity (Wildman–Crippen MR) is 73.4 cm³/mol. The maximum Gasteiger partial charge on any atom is 0.323 e. The number of likely N-dealkylation sites (tertiary alicyclic amines) is 1. The molecule has 20 heavy (non-hydrogen) atoms. The number of aliphatic carboxylic acids is 1. The third-order valence-electron chi connectivity index (χ3n) is 4.26. The molecule has 2 rings (SSSR count). The number of carboxylic acid groups (broad SMARTS) is 1. The summed E-state index contributed by atoms with van der Waals surface area (Å²) in [6, 6.07) is -0.204. The number of nitrogens with zero attached hydrogens (tertiary/aromatic N) is 2. The number of hydrogen-bond donors (Lipinski definition) is 2. The van der Waals surface area contributed by atoms with Gasteiger partial charge in [-0.05, 0) is 32.6 Å². The fraction of sp³-hybridized carbons (Fsp3) is 0.857. The second kappa shape index (κ2) is 5.99. The highest BCUT2D eigenvalue weighted by Crippen LogP contribution is 2.26. The van der Waals surface area contributed by atoms with E-state index in [1.54, 1.807) is 11.8 Å². The molecule has 0 aromatic heterocycles. The molecule has 2 fully saturated rings. The van der Waals surface area contributed by atoms with Crippen LogP contribution in [0.1, 0.15) is 45.4 Å². The predicted octanol–water partition coefficient (Wildman–Crippen LogP) is 1.28. The Morgan fingerprint density at radius 1 is 1.30 bits per heavy atom. The van der Waals surface area contributed by atoms with Gasteiger partial charge in [0.2, 0.25) is 0 Å². The van der Waals surface area contributed by atoms with Gasteiger partial charge in [0.15, 0.2) is 0 Å². The van der Waals surface area contributed by atoms with Gasteiger partial charge in [-0.1, -0.05) is 12.8 Å². The number of rotatable bonds is 3. The second-order valence-electron chi connectivity index (χ2n) is 6.26. The molecule has 1 atom stereocenters. The molecule has 2 N–H and O–H groups in total. The Morgan fingerprint density at radius 3 is 2.50 bits per heavy atom. The molecule has 2 aliphatic rings. The maximum absolute atomic E-state index is 12.6. The lowest BCUT2D eigenvalue weighted by Crippen LogP contribution is -2.55. The Kier molecular flexibility index (Phi) is 4.52. The van der Waals surface area contributed by atoms with Gasteiger partial charge in [0.25, 0.3) is 0 Å². The van der Waals surface area contributed by atoms with E-state index >= 15 is 0 Å². The molecule has 1 unspecified atom stereocenters. The van der Waals surface area contributed by atoms with Crippen LogP contribution in [0.25, 0.3) is 0 Å². The van der Waals surface area contributed by atoms with E-state index in [0.717, 1.165) is 32.1 Å². The lowest BCUT2D eigenvalue weighted by atomic mass is 9.95. The van der Waals surface area contributed by atoms with Crippen molar-refractivity contribution in [3.8, 4) is 0 Å². The van der Waals surface area contributed by atoms with Crippen LogP contribution in [0.4, 0.5) is 4.79 Å². The van der Waals surface area contributed by atoms with Crippen LogP contribution < -0.4 is 0 Å². The number of carbonyl (C=O) groups excluding carboxylic acids is 1. The van der Waals surface area contributed by atoms with E-state index in [1.807, 2.05) is 0 Å². The smallest absolute Gasteiger partial charge is 0.323 e. The highest BCUT2D eigenvalue weighted by molar-refractivity contribution is 5.80. The molecule has 1 saturated heterocycles. The number of amides is 2. The van der Waals surface area contributed by atoms with Gasteiger partial charge >= 0.3 is 12.0 Å². The average Bonchev–Trinajstić information content (AvgIpc) is 2.87. The summed E-state index contributed by atoms with van der Waals surface area (Å²) in [6.07, 6.45) is 5.29. The number of carbonyl (C=O) groups is 2. The number of β-amino-alcohol motifs (C(OH)–C–C–N with tert-alkyl or cyclic N) is 1. The molecule has 0 spiro atoms. The molecule has 2 amide bonds. The van der Waals surface area contributed by atoms with E-state index in [2.05, 4.69) is 0 Å². The number of piperidine rings is 1. The lowest BCUT2D eigenvalue weighted by Gasteiger charge is -2.40. The van der Waals surface area contributed by atoms with Crippen molar-refractivity contribution in [2.75, 3.05) is 19.6 Å². The van der Waals surface area contributed by atoms with E-state index in [-0.39, 0.29) is 25.2 Å². The Bertz CT molecular complexity index is 377. The SMILES string of the molecule is CC1(O)CCCN(C(=O)N(CC(=O)O)C2CCCC2)C1. The summed E-state index contributed by atoms with van der Waals surface area (Å²) in [5, 5.41) is 19.1. The zero-order chi connectivity index (χ0) is 14.8. The van der Waals surface area contributed by atoms with Crippen LogP contribution in [0.15, 0.2) is 0 Å². The zero-order valence-electron chi connectivity index (χ0n) is 12.0. The van der Waals surface area contributed by atoms with Crippen LogP contribution in [0.2, 0.25) is 0 Å². The summed E-state index contributed by atoms with van der Waals surface area (Å²) < 4.78 is 0. The summed E-state index contributed by atoms with van der Waals surface area (Å²) in [6.45, 7) is 2.36. The van der Waals surface area contributed by atoms with Crippen LogP contribution in [-0.4, -0.2) is 63.3 Å². The molecular formula is C14H24N2O4. The van der Waals surface area contributed by atoms with Crippen molar-refractivity contribution >= 4 is 12.0 Å². The van der Waals surface area contributed by atoms with Crippen molar-refractivity contribution in [1.29, 1.82) is 0 Å². The first-order valence-corrected chi connectivity index (χ1v) is 7.39. The fourth-order valence-corrected chi connectivity index (χ4v) is 3.28. The molecule has 6 heteroatoms. The topological polar surface area (TPSA) is 81.1 Å². The van der Waals surface area contributed by atoms with Crippen molar-refractivity contribution in [3.05, 3.63) is 0 Å². The number of urea groups is 1. The largest absolute Gasteiger partial charge is 0.480 e. The molecule has 1 heterocycles. The minimum absolute atomic E-state index is 0.0328. The number of carboxylic acids is 1. The Balaban J connectivity index is 2.06. The van der Waals surface area contributed by atoms with Crippen LogP contribution >= 0.6 is 0 Å². The highest BCUT2D eigenvalue weighted by Gasteiger charge is 2.36. The molecule has 1 aliphatic carbocycles. The van der Waals surface area contributed by atoms with Crippen molar-refractivity contribution in [2.24, 2.45) is 0 Å². The summed E-state index contributed by atoms with van der Waals surface area (Å²) >= 11 is 0. The normalized spacial score (nSPS) is 27.6. The second-order valence-corrected chi connectivity index (χ2v) is 6.26. The molecular weight excluding hydrogens is 260 g/mol. The van der Waals surface area contributed by atoms with Crippen LogP contribution in [0.5, 0.6) is 0 Å². The van der Waals surface area contributed by atoms with Gasteiger partial charge in [-0.3, -0.25) is 4.79 Å². The van der Waals surface area contributed by atoms with Crippen molar-refractivity contribution in [2.45, 2.75) is 57.1 Å². The Labute approximate surface area is 119 Å². The Morgan fingerprint density at radius 2 is 1.95 bits per heavy atom.